The van der Waals surface area contributed by atoms with Crippen LogP contribution < -0.4 is 19.6 Å². The molecule has 2 aromatic carbocycles. The number of hydrogen-bond donors (Lipinski definition) is 2. The monoisotopic (exact) mass is 545 g/mol. The minimum Gasteiger partial charge on any atom is -0.490 e. The number of ether oxygens (including phenoxy) is 3. The van der Waals surface area contributed by atoms with Crippen LogP contribution >= 0.6 is 0 Å². The molecule has 0 aliphatic heterocycles. The number of carbonyl (C=O) groups is 2. The van der Waals surface area contributed by atoms with Gasteiger partial charge in [-0.2, -0.15) is 5.10 Å². The highest BCUT2D eigenvalue weighted by atomic mass is 16.5. The molecule has 10 heteroatoms. The van der Waals surface area contributed by atoms with E-state index in [-0.39, 0.29) is 12.4 Å². The van der Waals surface area contributed by atoms with Gasteiger partial charge in [0.1, 0.15) is 18.1 Å². The fourth-order valence-corrected chi connectivity index (χ4v) is 3.93. The third-order valence-electron chi connectivity index (χ3n) is 5.93. The molecule has 2 heterocycles. The Morgan fingerprint density at radius 2 is 1.73 bits per heavy atom. The van der Waals surface area contributed by atoms with Crippen molar-refractivity contribution in [2.45, 2.75) is 40.4 Å². The molecule has 0 fully saturated rings. The SMILES string of the molecule is CCOc1cc(/C=N/NC(=O)c2ccc(COc3ccc(-n4c(C)ccc4C)cc3)o2)ccc1O[C@H](C)C(=O)O. The van der Waals surface area contributed by atoms with Gasteiger partial charge in [0, 0.05) is 17.1 Å². The van der Waals surface area contributed by atoms with Crippen LogP contribution in [0.15, 0.2) is 76.2 Å². The number of benzene rings is 2. The summed E-state index contributed by atoms with van der Waals surface area (Å²) in [6.45, 7) is 7.87. The van der Waals surface area contributed by atoms with E-state index in [4.69, 9.17) is 23.7 Å². The van der Waals surface area contributed by atoms with Crippen LogP contribution in [0.1, 0.15) is 47.1 Å². The zero-order valence-corrected chi connectivity index (χ0v) is 22.7. The first-order valence-corrected chi connectivity index (χ1v) is 12.7. The van der Waals surface area contributed by atoms with Crippen molar-refractivity contribution in [1.82, 2.24) is 9.99 Å². The van der Waals surface area contributed by atoms with Crippen molar-refractivity contribution in [3.05, 3.63) is 95.2 Å². The van der Waals surface area contributed by atoms with Crippen molar-refractivity contribution >= 4 is 18.1 Å². The van der Waals surface area contributed by atoms with Crippen LogP contribution in [0, 0.1) is 13.8 Å². The number of carbonyl (C=O) groups excluding carboxylic acids is 1. The molecule has 2 N–H and O–H groups in total. The molecular formula is C30H31N3O7. The first kappa shape index (κ1) is 28.0. The second-order valence-electron chi connectivity index (χ2n) is 8.94. The first-order chi connectivity index (χ1) is 19.2. The fourth-order valence-electron chi connectivity index (χ4n) is 3.93. The molecule has 2 aromatic heterocycles. The zero-order chi connectivity index (χ0) is 28.6. The number of furan rings is 1. The lowest BCUT2D eigenvalue weighted by Crippen LogP contribution is -2.23. The van der Waals surface area contributed by atoms with Crippen LogP contribution in [-0.4, -0.2) is 40.5 Å². The van der Waals surface area contributed by atoms with Gasteiger partial charge in [0.25, 0.3) is 0 Å². The van der Waals surface area contributed by atoms with Gasteiger partial charge in [-0.3, -0.25) is 4.79 Å². The third kappa shape index (κ3) is 6.90. The number of hydrogen-bond acceptors (Lipinski definition) is 7. The lowest BCUT2D eigenvalue weighted by Gasteiger charge is -2.15. The Bertz CT molecular complexity index is 1480. The Morgan fingerprint density at radius 1 is 1.00 bits per heavy atom. The summed E-state index contributed by atoms with van der Waals surface area (Å²) < 4.78 is 24.6. The average molecular weight is 546 g/mol. The predicted molar refractivity (Wildman–Crippen MR) is 149 cm³/mol. The zero-order valence-electron chi connectivity index (χ0n) is 22.7. The summed E-state index contributed by atoms with van der Waals surface area (Å²) >= 11 is 0. The maximum atomic E-state index is 12.5. The van der Waals surface area contributed by atoms with E-state index < -0.39 is 18.0 Å². The molecule has 4 aromatic rings. The Labute approximate surface area is 231 Å². The standard InChI is InChI=1S/C30H31N3O7/c1-5-37-28-16-22(8-14-26(28)39-21(4)30(35)36)17-31-32-29(34)27-15-13-25(40-27)18-38-24-11-9-23(10-12-24)33-19(2)6-7-20(33)3/h6-17,21H,5,18H2,1-4H3,(H,32,34)(H,35,36)/b31-17+/t21-/m1/s1. The molecule has 0 aliphatic rings. The van der Waals surface area contributed by atoms with E-state index in [0.717, 1.165) is 17.1 Å². The van der Waals surface area contributed by atoms with Crippen LogP contribution in [0.5, 0.6) is 17.2 Å². The Kier molecular flexibility index (Phi) is 8.90. The summed E-state index contributed by atoms with van der Waals surface area (Å²) in [7, 11) is 0. The summed E-state index contributed by atoms with van der Waals surface area (Å²) in [6, 6.07) is 20.0. The maximum Gasteiger partial charge on any atom is 0.344 e. The van der Waals surface area contributed by atoms with Crippen molar-refractivity contribution in [3.8, 4) is 22.9 Å². The van der Waals surface area contributed by atoms with E-state index in [0.29, 0.717) is 35.2 Å². The number of carboxylic acids is 1. The van der Waals surface area contributed by atoms with Crippen molar-refractivity contribution < 1.29 is 33.3 Å². The molecule has 208 valence electrons. The summed E-state index contributed by atoms with van der Waals surface area (Å²) in [5.41, 5.74) is 6.39. The number of nitrogens with zero attached hydrogens (tertiary/aromatic N) is 2. The van der Waals surface area contributed by atoms with Gasteiger partial charge in [-0.05, 0) is 100.0 Å². The van der Waals surface area contributed by atoms with Gasteiger partial charge in [-0.15, -0.1) is 0 Å². The van der Waals surface area contributed by atoms with Crippen LogP contribution in [0.25, 0.3) is 5.69 Å². The van der Waals surface area contributed by atoms with Gasteiger partial charge in [0.2, 0.25) is 0 Å². The number of aromatic nitrogens is 1. The third-order valence-corrected chi connectivity index (χ3v) is 5.93. The topological polar surface area (TPSA) is 125 Å². The van der Waals surface area contributed by atoms with E-state index in [9.17, 15) is 9.59 Å². The number of nitrogens with one attached hydrogen (secondary N) is 1. The van der Waals surface area contributed by atoms with Crippen LogP contribution in [0.4, 0.5) is 0 Å². The molecular weight excluding hydrogens is 514 g/mol. The maximum absolute atomic E-state index is 12.5. The molecule has 0 unspecified atom stereocenters. The van der Waals surface area contributed by atoms with Crippen molar-refractivity contribution in [2.24, 2.45) is 5.10 Å². The van der Waals surface area contributed by atoms with Crippen molar-refractivity contribution in [3.63, 3.8) is 0 Å². The minimum atomic E-state index is -1.09. The molecule has 0 aliphatic carbocycles. The van der Waals surface area contributed by atoms with E-state index >= 15 is 0 Å². The Morgan fingerprint density at radius 3 is 2.40 bits per heavy atom. The van der Waals surface area contributed by atoms with Gasteiger partial charge >= 0.3 is 11.9 Å². The van der Waals surface area contributed by atoms with Crippen molar-refractivity contribution in [2.75, 3.05) is 6.61 Å². The summed E-state index contributed by atoms with van der Waals surface area (Å²) in [5.74, 6) is 0.310. The molecule has 1 amide bonds. The Hall–Kier alpha value is -4.99. The number of amides is 1. The number of carboxylic acid groups (broad SMARTS) is 1. The Balaban J connectivity index is 1.31. The highest BCUT2D eigenvalue weighted by Crippen LogP contribution is 2.29. The average Bonchev–Trinajstić information content (AvgIpc) is 3.55. The van der Waals surface area contributed by atoms with Crippen LogP contribution in [-0.2, 0) is 11.4 Å². The van der Waals surface area contributed by atoms with Crippen molar-refractivity contribution in [1.29, 1.82) is 0 Å². The molecule has 0 radical (unpaired) electrons. The second kappa shape index (κ2) is 12.7. The smallest absolute Gasteiger partial charge is 0.344 e. The molecule has 0 saturated heterocycles. The van der Waals surface area contributed by atoms with E-state index in [1.165, 1.54) is 13.1 Å². The van der Waals surface area contributed by atoms with E-state index in [1.54, 1.807) is 37.3 Å². The fraction of sp³-hybridized carbons (Fsp3) is 0.233. The van der Waals surface area contributed by atoms with Crippen LogP contribution in [0.3, 0.4) is 0 Å². The number of aliphatic carboxylic acids is 1. The lowest BCUT2D eigenvalue weighted by molar-refractivity contribution is -0.144. The molecule has 40 heavy (non-hydrogen) atoms. The lowest BCUT2D eigenvalue weighted by atomic mass is 10.2. The quantitative estimate of drug-likeness (QED) is 0.183. The van der Waals surface area contributed by atoms with Crippen LogP contribution in [0.2, 0.25) is 0 Å². The summed E-state index contributed by atoms with van der Waals surface area (Å²) in [4.78, 5) is 23.6. The molecule has 0 spiro atoms. The second-order valence-corrected chi connectivity index (χ2v) is 8.94. The number of aryl methyl sites for hydroxylation is 2. The normalized spacial score (nSPS) is 11.8. The predicted octanol–water partition coefficient (Wildman–Crippen LogP) is 5.28. The van der Waals surface area contributed by atoms with Gasteiger partial charge < -0.3 is 28.3 Å². The molecule has 0 saturated carbocycles. The minimum absolute atomic E-state index is 0.0890. The van der Waals surface area contributed by atoms with Gasteiger partial charge in [0.05, 0.1) is 12.8 Å². The van der Waals surface area contributed by atoms with E-state index in [1.807, 2.05) is 24.3 Å². The summed E-state index contributed by atoms with van der Waals surface area (Å²) in [6.07, 6.45) is 0.393. The molecule has 0 bridgehead atoms. The van der Waals surface area contributed by atoms with Gasteiger partial charge in [0.15, 0.2) is 23.4 Å². The number of rotatable bonds is 12. The largest absolute Gasteiger partial charge is 0.490 e. The molecule has 1 atom stereocenters. The highest BCUT2D eigenvalue weighted by Gasteiger charge is 2.16. The number of hydrazone groups is 1. The highest BCUT2D eigenvalue weighted by molar-refractivity contribution is 5.92. The van der Waals surface area contributed by atoms with E-state index in [2.05, 4.69) is 41.1 Å². The summed E-state index contributed by atoms with van der Waals surface area (Å²) in [5, 5.41) is 13.0. The molecule has 10 nitrogen and oxygen atoms in total. The first-order valence-electron chi connectivity index (χ1n) is 12.7. The van der Waals surface area contributed by atoms with Gasteiger partial charge in [-0.25, -0.2) is 10.2 Å². The van der Waals surface area contributed by atoms with Gasteiger partial charge in [-0.1, -0.05) is 0 Å². The molecule has 4 rings (SSSR count).